The smallest absolute Gasteiger partial charge is 0.364 e. The molecule has 0 bridgehead atoms. The van der Waals surface area contributed by atoms with Gasteiger partial charge in [0.15, 0.2) is 5.11 Å². The first kappa shape index (κ1) is 13.4. The van der Waals surface area contributed by atoms with Crippen LogP contribution in [0, 0.1) is 0 Å². The second-order valence-electron chi connectivity index (χ2n) is 3.07. The molecule has 0 aliphatic carbocycles. The number of halogens is 3. The molecule has 1 rings (SSSR count). The van der Waals surface area contributed by atoms with Gasteiger partial charge in [0.1, 0.15) is 0 Å². The van der Waals surface area contributed by atoms with Crippen molar-refractivity contribution in [3.05, 3.63) is 35.4 Å². The van der Waals surface area contributed by atoms with Crippen molar-refractivity contribution in [2.24, 2.45) is 5.10 Å². The van der Waals surface area contributed by atoms with Gasteiger partial charge in [-0.1, -0.05) is 12.1 Å². The highest BCUT2D eigenvalue weighted by Crippen LogP contribution is 2.28. The van der Waals surface area contributed by atoms with Crippen LogP contribution in [0.3, 0.4) is 0 Å². The Morgan fingerprint density at radius 2 is 1.88 bits per heavy atom. The summed E-state index contributed by atoms with van der Waals surface area (Å²) in [6.45, 7) is 0. The van der Waals surface area contributed by atoms with E-state index >= 15 is 0 Å². The number of benzene rings is 1. The normalized spacial score (nSPS) is 11.5. The Morgan fingerprint density at radius 3 is 2.35 bits per heavy atom. The Balaban J connectivity index is 2.66. The van der Waals surface area contributed by atoms with Gasteiger partial charge in [0.2, 0.25) is 0 Å². The van der Waals surface area contributed by atoms with Gasteiger partial charge in [0.25, 0.3) is 0 Å². The standard InChI is InChI=1S/C10H10F3N3S/c1-14-9(17)16-15-6-7-2-4-8(5-3-7)10(11,12)13/h2-6H,1H3,(H2,14,16,17)/b15-6+. The van der Waals surface area contributed by atoms with E-state index < -0.39 is 11.7 Å². The van der Waals surface area contributed by atoms with Gasteiger partial charge in [0, 0.05) is 7.05 Å². The Hall–Kier alpha value is -1.63. The summed E-state index contributed by atoms with van der Waals surface area (Å²) in [5.41, 5.74) is 2.35. The van der Waals surface area contributed by atoms with E-state index in [0.29, 0.717) is 10.7 Å². The van der Waals surface area contributed by atoms with Gasteiger partial charge < -0.3 is 5.32 Å². The topological polar surface area (TPSA) is 36.4 Å². The minimum Gasteiger partial charge on any atom is -0.364 e. The lowest BCUT2D eigenvalue weighted by atomic mass is 10.1. The van der Waals surface area contributed by atoms with Crippen molar-refractivity contribution in [3.63, 3.8) is 0 Å². The quantitative estimate of drug-likeness (QED) is 0.486. The second kappa shape index (κ2) is 5.62. The summed E-state index contributed by atoms with van der Waals surface area (Å²) in [5.74, 6) is 0. The minimum atomic E-state index is -4.32. The van der Waals surface area contributed by atoms with Crippen molar-refractivity contribution in [1.82, 2.24) is 10.7 Å². The first-order valence-electron chi connectivity index (χ1n) is 4.61. The molecule has 17 heavy (non-hydrogen) atoms. The van der Waals surface area contributed by atoms with Crippen LogP contribution in [0.25, 0.3) is 0 Å². The van der Waals surface area contributed by atoms with Gasteiger partial charge in [-0.2, -0.15) is 18.3 Å². The first-order chi connectivity index (χ1) is 7.93. The van der Waals surface area contributed by atoms with Crippen molar-refractivity contribution < 1.29 is 13.2 Å². The molecule has 0 aromatic heterocycles. The van der Waals surface area contributed by atoms with E-state index in [2.05, 4.69) is 15.8 Å². The van der Waals surface area contributed by atoms with Gasteiger partial charge in [-0.15, -0.1) is 0 Å². The van der Waals surface area contributed by atoms with Crippen LogP contribution < -0.4 is 10.7 Å². The summed E-state index contributed by atoms with van der Waals surface area (Å²) in [5, 5.41) is 6.71. The molecular formula is C10H10F3N3S. The molecule has 0 saturated heterocycles. The van der Waals surface area contributed by atoms with Gasteiger partial charge in [0.05, 0.1) is 11.8 Å². The van der Waals surface area contributed by atoms with Crippen LogP contribution in [0.2, 0.25) is 0 Å². The molecule has 0 aliphatic rings. The van der Waals surface area contributed by atoms with Crippen molar-refractivity contribution >= 4 is 23.5 Å². The van der Waals surface area contributed by atoms with Crippen LogP contribution in [0.1, 0.15) is 11.1 Å². The maximum Gasteiger partial charge on any atom is 0.416 e. The fourth-order valence-electron chi connectivity index (χ4n) is 0.980. The maximum absolute atomic E-state index is 12.3. The molecule has 0 aliphatic heterocycles. The molecule has 2 N–H and O–H groups in total. The van der Waals surface area contributed by atoms with Gasteiger partial charge in [-0.3, -0.25) is 5.43 Å². The predicted octanol–water partition coefficient (Wildman–Crippen LogP) is 2.13. The van der Waals surface area contributed by atoms with E-state index in [4.69, 9.17) is 12.2 Å². The number of hydrogen-bond acceptors (Lipinski definition) is 2. The Morgan fingerprint density at radius 1 is 1.29 bits per heavy atom. The summed E-state index contributed by atoms with van der Waals surface area (Å²) in [6, 6.07) is 4.66. The molecule has 0 spiro atoms. The zero-order valence-electron chi connectivity index (χ0n) is 8.88. The number of nitrogens with zero attached hydrogens (tertiary/aromatic N) is 1. The van der Waals surface area contributed by atoms with Crippen LogP contribution in [-0.4, -0.2) is 18.4 Å². The molecule has 0 fully saturated rings. The SMILES string of the molecule is CNC(=S)N/N=C/c1ccc(C(F)(F)F)cc1. The summed E-state index contributed by atoms with van der Waals surface area (Å²) in [6.07, 6.45) is -2.94. The van der Waals surface area contributed by atoms with E-state index in [9.17, 15) is 13.2 Å². The van der Waals surface area contributed by atoms with Crippen molar-refractivity contribution in [2.45, 2.75) is 6.18 Å². The van der Waals surface area contributed by atoms with Crippen LogP contribution in [0.4, 0.5) is 13.2 Å². The number of rotatable bonds is 2. The second-order valence-corrected chi connectivity index (χ2v) is 3.48. The fourth-order valence-corrected chi connectivity index (χ4v) is 1.03. The minimum absolute atomic E-state index is 0.327. The number of hydrogen-bond donors (Lipinski definition) is 2. The number of thiocarbonyl (C=S) groups is 1. The largest absolute Gasteiger partial charge is 0.416 e. The molecule has 0 atom stereocenters. The van der Waals surface area contributed by atoms with Crippen LogP contribution in [0.5, 0.6) is 0 Å². The van der Waals surface area contributed by atoms with Crippen molar-refractivity contribution in [3.8, 4) is 0 Å². The lowest BCUT2D eigenvalue weighted by molar-refractivity contribution is -0.137. The van der Waals surface area contributed by atoms with E-state index in [1.54, 1.807) is 7.05 Å². The van der Waals surface area contributed by atoms with Gasteiger partial charge >= 0.3 is 6.18 Å². The molecule has 3 nitrogen and oxygen atoms in total. The Kier molecular flexibility index (Phi) is 4.45. The molecule has 0 saturated carbocycles. The van der Waals surface area contributed by atoms with Gasteiger partial charge in [-0.05, 0) is 29.9 Å². The van der Waals surface area contributed by atoms with E-state index in [-0.39, 0.29) is 0 Å². The summed E-state index contributed by atoms with van der Waals surface area (Å²) in [7, 11) is 1.63. The number of hydrazone groups is 1. The third-order valence-corrected chi connectivity index (χ3v) is 2.14. The first-order valence-corrected chi connectivity index (χ1v) is 5.02. The van der Waals surface area contributed by atoms with Gasteiger partial charge in [-0.25, -0.2) is 0 Å². The summed E-state index contributed by atoms with van der Waals surface area (Å²) < 4.78 is 36.8. The van der Waals surface area contributed by atoms with Crippen molar-refractivity contribution in [2.75, 3.05) is 7.05 Å². The van der Waals surface area contributed by atoms with E-state index in [1.165, 1.54) is 18.3 Å². The Labute approximate surface area is 102 Å². The number of alkyl halides is 3. The van der Waals surface area contributed by atoms with Crippen LogP contribution in [0.15, 0.2) is 29.4 Å². The molecule has 1 aromatic carbocycles. The molecule has 0 unspecified atom stereocenters. The van der Waals surface area contributed by atoms with E-state index in [1.807, 2.05) is 0 Å². The third-order valence-electron chi connectivity index (χ3n) is 1.84. The average Bonchev–Trinajstić information content (AvgIpc) is 2.28. The molecule has 0 radical (unpaired) electrons. The van der Waals surface area contributed by atoms with Crippen LogP contribution >= 0.6 is 12.2 Å². The fraction of sp³-hybridized carbons (Fsp3) is 0.200. The lowest BCUT2D eigenvalue weighted by Crippen LogP contribution is -2.28. The monoisotopic (exact) mass is 261 g/mol. The molecule has 7 heteroatoms. The summed E-state index contributed by atoms with van der Waals surface area (Å²) in [4.78, 5) is 0. The molecule has 0 heterocycles. The van der Waals surface area contributed by atoms with E-state index in [0.717, 1.165) is 12.1 Å². The summed E-state index contributed by atoms with van der Waals surface area (Å²) >= 11 is 4.76. The molecular weight excluding hydrogens is 251 g/mol. The predicted molar refractivity (Wildman–Crippen MR) is 63.8 cm³/mol. The molecule has 92 valence electrons. The third kappa shape index (κ3) is 4.39. The highest BCUT2D eigenvalue weighted by atomic mass is 32.1. The molecule has 0 amide bonds. The lowest BCUT2D eigenvalue weighted by Gasteiger charge is -2.05. The maximum atomic E-state index is 12.3. The number of nitrogens with one attached hydrogen (secondary N) is 2. The average molecular weight is 261 g/mol. The highest BCUT2D eigenvalue weighted by molar-refractivity contribution is 7.80. The van der Waals surface area contributed by atoms with Crippen molar-refractivity contribution in [1.29, 1.82) is 0 Å². The highest BCUT2D eigenvalue weighted by Gasteiger charge is 2.29. The van der Waals surface area contributed by atoms with Crippen LogP contribution in [-0.2, 0) is 6.18 Å². The molecule has 1 aromatic rings. The zero-order valence-corrected chi connectivity index (χ0v) is 9.69. The Bertz CT molecular complexity index is 412. The zero-order chi connectivity index (χ0) is 12.9.